The molecule has 0 aliphatic rings. The van der Waals surface area contributed by atoms with Gasteiger partial charge in [-0.3, -0.25) is 9.78 Å². The molecule has 132 valence electrons. The van der Waals surface area contributed by atoms with Gasteiger partial charge in [-0.15, -0.1) is 11.3 Å². The summed E-state index contributed by atoms with van der Waals surface area (Å²) in [5.74, 6) is -0.297. The van der Waals surface area contributed by atoms with Gasteiger partial charge in [-0.2, -0.15) is 0 Å². The van der Waals surface area contributed by atoms with E-state index in [9.17, 15) is 4.79 Å². The Morgan fingerprint density at radius 3 is 2.41 bits per heavy atom. The van der Waals surface area contributed by atoms with Crippen LogP contribution in [-0.4, -0.2) is 20.9 Å². The van der Waals surface area contributed by atoms with E-state index < -0.39 is 0 Å². The van der Waals surface area contributed by atoms with Gasteiger partial charge in [-0.05, 0) is 24.3 Å². The number of amides is 1. The van der Waals surface area contributed by atoms with Gasteiger partial charge in [0.1, 0.15) is 10.7 Å². The van der Waals surface area contributed by atoms with Crippen LogP contribution in [0.25, 0.3) is 21.8 Å². The van der Waals surface area contributed by atoms with Gasteiger partial charge in [0.2, 0.25) is 0 Å². The van der Waals surface area contributed by atoms with E-state index >= 15 is 0 Å². The second kappa shape index (κ2) is 7.65. The van der Waals surface area contributed by atoms with E-state index in [2.05, 4.69) is 20.3 Å². The molecular formula is C20H13ClN4OS. The SMILES string of the molecule is O=C(Nc1ccc(-c2csc(-c3ccc(Cl)cc3)n2)cc1)c1cnccn1. The Morgan fingerprint density at radius 1 is 0.963 bits per heavy atom. The molecule has 2 aromatic carbocycles. The molecule has 0 spiro atoms. The quantitative estimate of drug-likeness (QED) is 0.520. The second-order valence-corrected chi connectivity index (χ2v) is 6.96. The summed E-state index contributed by atoms with van der Waals surface area (Å²) >= 11 is 7.51. The normalized spacial score (nSPS) is 10.6. The molecule has 0 saturated carbocycles. The number of carbonyl (C=O) groups is 1. The van der Waals surface area contributed by atoms with Crippen LogP contribution in [0, 0.1) is 0 Å². The number of aromatic nitrogens is 3. The maximum Gasteiger partial charge on any atom is 0.275 e. The number of carbonyl (C=O) groups excluding carboxylic acids is 1. The number of halogens is 1. The minimum Gasteiger partial charge on any atom is -0.321 e. The number of nitrogens with one attached hydrogen (secondary N) is 1. The Morgan fingerprint density at radius 2 is 1.70 bits per heavy atom. The summed E-state index contributed by atoms with van der Waals surface area (Å²) in [6.07, 6.45) is 4.44. The van der Waals surface area contributed by atoms with Gasteiger partial charge < -0.3 is 5.32 Å². The average Bonchev–Trinajstić information content (AvgIpc) is 3.20. The first kappa shape index (κ1) is 17.3. The third kappa shape index (κ3) is 4.02. The number of thiazole rings is 1. The summed E-state index contributed by atoms with van der Waals surface area (Å²) in [5, 5.41) is 6.45. The molecule has 0 unspecified atom stereocenters. The fraction of sp³-hybridized carbons (Fsp3) is 0. The molecule has 0 fully saturated rings. The number of anilines is 1. The van der Waals surface area contributed by atoms with Crippen LogP contribution in [0.3, 0.4) is 0 Å². The maximum atomic E-state index is 12.1. The number of hydrogen-bond acceptors (Lipinski definition) is 5. The Bertz CT molecular complexity index is 1060. The predicted molar refractivity (Wildman–Crippen MR) is 108 cm³/mol. The van der Waals surface area contributed by atoms with Gasteiger partial charge >= 0.3 is 0 Å². The molecule has 0 aliphatic heterocycles. The van der Waals surface area contributed by atoms with Crippen molar-refractivity contribution in [3.63, 3.8) is 0 Å². The molecule has 0 saturated heterocycles. The van der Waals surface area contributed by atoms with E-state index in [4.69, 9.17) is 11.6 Å². The van der Waals surface area contributed by atoms with E-state index in [1.54, 1.807) is 11.3 Å². The van der Waals surface area contributed by atoms with Crippen molar-refractivity contribution < 1.29 is 4.79 Å². The highest BCUT2D eigenvalue weighted by Gasteiger charge is 2.09. The molecule has 0 bridgehead atoms. The van der Waals surface area contributed by atoms with Crippen molar-refractivity contribution in [3.05, 3.63) is 83.2 Å². The zero-order valence-electron chi connectivity index (χ0n) is 14.0. The van der Waals surface area contributed by atoms with E-state index in [0.717, 1.165) is 21.8 Å². The van der Waals surface area contributed by atoms with Crippen LogP contribution in [0.5, 0.6) is 0 Å². The number of hydrogen-bond donors (Lipinski definition) is 1. The molecule has 0 radical (unpaired) electrons. The fourth-order valence-electron chi connectivity index (χ4n) is 2.47. The van der Waals surface area contributed by atoms with Crippen LogP contribution in [-0.2, 0) is 0 Å². The third-order valence-electron chi connectivity index (χ3n) is 3.83. The van der Waals surface area contributed by atoms with E-state index in [-0.39, 0.29) is 11.6 Å². The summed E-state index contributed by atoms with van der Waals surface area (Å²) in [7, 11) is 0. The minimum atomic E-state index is -0.297. The van der Waals surface area contributed by atoms with Gasteiger partial charge in [0.25, 0.3) is 5.91 Å². The highest BCUT2D eigenvalue weighted by molar-refractivity contribution is 7.13. The lowest BCUT2D eigenvalue weighted by Gasteiger charge is -2.05. The van der Waals surface area contributed by atoms with Gasteiger partial charge in [-0.1, -0.05) is 35.9 Å². The van der Waals surface area contributed by atoms with Gasteiger partial charge in [-0.25, -0.2) is 9.97 Å². The molecule has 0 atom stereocenters. The smallest absolute Gasteiger partial charge is 0.275 e. The van der Waals surface area contributed by atoms with Crippen LogP contribution in [0.1, 0.15) is 10.5 Å². The largest absolute Gasteiger partial charge is 0.321 e. The number of benzene rings is 2. The maximum absolute atomic E-state index is 12.1. The standard InChI is InChI=1S/C20H13ClN4OS/c21-15-5-1-14(2-6-15)20-25-18(12-27-20)13-3-7-16(8-4-13)24-19(26)17-11-22-9-10-23-17/h1-12H,(H,24,26). The molecule has 4 aromatic rings. The highest BCUT2D eigenvalue weighted by Crippen LogP contribution is 2.30. The third-order valence-corrected chi connectivity index (χ3v) is 4.97. The first-order valence-corrected chi connectivity index (χ1v) is 9.34. The van der Waals surface area contributed by atoms with Crippen molar-refractivity contribution in [2.24, 2.45) is 0 Å². The zero-order valence-corrected chi connectivity index (χ0v) is 15.5. The van der Waals surface area contributed by atoms with Crippen LogP contribution in [0.2, 0.25) is 5.02 Å². The van der Waals surface area contributed by atoms with Gasteiger partial charge in [0, 0.05) is 39.6 Å². The van der Waals surface area contributed by atoms with Crippen LogP contribution in [0.15, 0.2) is 72.5 Å². The van der Waals surface area contributed by atoms with Gasteiger partial charge in [0.05, 0.1) is 11.9 Å². The Balaban J connectivity index is 1.49. The number of rotatable bonds is 4. The number of nitrogens with zero attached hydrogens (tertiary/aromatic N) is 3. The molecule has 27 heavy (non-hydrogen) atoms. The van der Waals surface area contributed by atoms with Gasteiger partial charge in [0.15, 0.2) is 0 Å². The summed E-state index contributed by atoms with van der Waals surface area (Å²) in [4.78, 5) is 24.7. The van der Waals surface area contributed by atoms with E-state index in [0.29, 0.717) is 10.7 Å². The summed E-state index contributed by atoms with van der Waals surface area (Å²) < 4.78 is 0. The summed E-state index contributed by atoms with van der Waals surface area (Å²) in [6, 6.07) is 15.1. The van der Waals surface area contributed by atoms with Crippen molar-refractivity contribution in [3.8, 4) is 21.8 Å². The average molecular weight is 393 g/mol. The molecule has 2 aromatic heterocycles. The Hall–Kier alpha value is -3.09. The topological polar surface area (TPSA) is 67.8 Å². The lowest BCUT2D eigenvalue weighted by molar-refractivity contribution is 0.102. The molecule has 5 nitrogen and oxygen atoms in total. The monoisotopic (exact) mass is 392 g/mol. The van der Waals surface area contributed by atoms with Crippen LogP contribution < -0.4 is 5.32 Å². The molecule has 0 aliphatic carbocycles. The van der Waals surface area contributed by atoms with Crippen LogP contribution >= 0.6 is 22.9 Å². The molecule has 2 heterocycles. The first-order chi connectivity index (χ1) is 13.2. The zero-order chi connectivity index (χ0) is 18.6. The van der Waals surface area contributed by atoms with E-state index in [1.165, 1.54) is 18.6 Å². The summed E-state index contributed by atoms with van der Waals surface area (Å²) in [6.45, 7) is 0. The van der Waals surface area contributed by atoms with E-state index in [1.807, 2.05) is 53.9 Å². The van der Waals surface area contributed by atoms with Crippen molar-refractivity contribution in [2.45, 2.75) is 0 Å². The fourth-order valence-corrected chi connectivity index (χ4v) is 3.43. The van der Waals surface area contributed by atoms with Crippen molar-refractivity contribution >= 4 is 34.5 Å². The Labute approximate surface area is 164 Å². The molecule has 1 N–H and O–H groups in total. The second-order valence-electron chi connectivity index (χ2n) is 5.67. The summed E-state index contributed by atoms with van der Waals surface area (Å²) in [5.41, 5.74) is 3.85. The highest BCUT2D eigenvalue weighted by atomic mass is 35.5. The van der Waals surface area contributed by atoms with Crippen molar-refractivity contribution in [1.82, 2.24) is 15.0 Å². The van der Waals surface area contributed by atoms with Crippen molar-refractivity contribution in [2.75, 3.05) is 5.32 Å². The van der Waals surface area contributed by atoms with Crippen LogP contribution in [0.4, 0.5) is 5.69 Å². The molecule has 4 rings (SSSR count). The molecular weight excluding hydrogens is 380 g/mol. The lowest BCUT2D eigenvalue weighted by Crippen LogP contribution is -2.13. The predicted octanol–water partition coefficient (Wildman–Crippen LogP) is 5.17. The Kier molecular flexibility index (Phi) is 4.91. The molecule has 7 heteroatoms. The van der Waals surface area contributed by atoms with Crippen molar-refractivity contribution in [1.29, 1.82) is 0 Å². The lowest BCUT2D eigenvalue weighted by atomic mass is 10.1. The molecule has 1 amide bonds. The first-order valence-electron chi connectivity index (χ1n) is 8.08. The minimum absolute atomic E-state index is 0.272.